The molecule has 0 unspecified atom stereocenters. The van der Waals surface area contributed by atoms with Crippen LogP contribution in [0.3, 0.4) is 0 Å². The van der Waals surface area contributed by atoms with Crippen molar-refractivity contribution in [1.29, 1.82) is 0 Å². The highest BCUT2D eigenvalue weighted by Gasteiger charge is 2.06. The van der Waals surface area contributed by atoms with Crippen LogP contribution in [0, 0.1) is 5.82 Å². The highest BCUT2D eigenvalue weighted by atomic mass is 19.1. The van der Waals surface area contributed by atoms with Gasteiger partial charge in [-0.15, -0.1) is 0 Å². The van der Waals surface area contributed by atoms with Gasteiger partial charge in [0, 0.05) is 5.70 Å². The van der Waals surface area contributed by atoms with Gasteiger partial charge in [0.15, 0.2) is 5.71 Å². The summed E-state index contributed by atoms with van der Waals surface area (Å²) in [5.74, 6) is -1.59. The highest BCUT2D eigenvalue weighted by Crippen LogP contribution is 2.12. The van der Waals surface area contributed by atoms with Crippen molar-refractivity contribution < 1.29 is 14.3 Å². The van der Waals surface area contributed by atoms with Gasteiger partial charge < -0.3 is 10.8 Å². The molecule has 0 amide bonds. The van der Waals surface area contributed by atoms with Crippen LogP contribution >= 0.6 is 0 Å². The summed E-state index contributed by atoms with van der Waals surface area (Å²) in [5.41, 5.74) is 5.87. The zero-order valence-electron chi connectivity index (χ0n) is 8.64. The summed E-state index contributed by atoms with van der Waals surface area (Å²) in [6.45, 7) is 1.56. The van der Waals surface area contributed by atoms with E-state index in [4.69, 9.17) is 10.8 Å². The third-order valence-electron chi connectivity index (χ3n) is 1.66. The Hall–Kier alpha value is -2.17. The fraction of sp³-hybridized carbons (Fsp3) is 0.0909. The molecule has 0 saturated heterocycles. The largest absolute Gasteiger partial charge is 0.477 e. The SMILES string of the molecule is CC(N)=CC(=Nc1ccc(F)cc1)C(=O)O. The summed E-state index contributed by atoms with van der Waals surface area (Å²) in [5, 5.41) is 8.83. The van der Waals surface area contributed by atoms with Crippen LogP contribution in [-0.2, 0) is 4.79 Å². The second-order valence-corrected chi connectivity index (χ2v) is 3.17. The monoisotopic (exact) mass is 222 g/mol. The number of hydrogen-bond acceptors (Lipinski definition) is 3. The molecule has 0 aromatic heterocycles. The maximum absolute atomic E-state index is 12.6. The third kappa shape index (κ3) is 3.53. The van der Waals surface area contributed by atoms with Gasteiger partial charge in [-0.2, -0.15) is 0 Å². The van der Waals surface area contributed by atoms with E-state index in [0.717, 1.165) is 0 Å². The Morgan fingerprint density at radius 3 is 2.44 bits per heavy atom. The number of aliphatic imine (C=N–C) groups is 1. The fourth-order valence-electron chi connectivity index (χ4n) is 1.01. The molecule has 3 N–H and O–H groups in total. The van der Waals surface area contributed by atoms with Gasteiger partial charge in [-0.1, -0.05) is 0 Å². The molecule has 1 aromatic rings. The van der Waals surface area contributed by atoms with Crippen molar-refractivity contribution in [2.24, 2.45) is 10.7 Å². The molecule has 0 aliphatic carbocycles. The Kier molecular flexibility index (Phi) is 3.77. The first kappa shape index (κ1) is 11.9. The van der Waals surface area contributed by atoms with E-state index >= 15 is 0 Å². The molecule has 0 atom stereocenters. The molecular weight excluding hydrogens is 211 g/mol. The molecule has 0 bridgehead atoms. The molecule has 16 heavy (non-hydrogen) atoms. The number of nitrogens with zero attached hydrogens (tertiary/aromatic N) is 1. The van der Waals surface area contributed by atoms with Crippen molar-refractivity contribution in [2.75, 3.05) is 0 Å². The molecule has 0 saturated carbocycles. The maximum atomic E-state index is 12.6. The summed E-state index contributed by atoms with van der Waals surface area (Å²) < 4.78 is 12.6. The van der Waals surface area contributed by atoms with Crippen molar-refractivity contribution in [3.63, 3.8) is 0 Å². The average molecular weight is 222 g/mol. The number of carboxylic acids is 1. The Morgan fingerprint density at radius 2 is 2.00 bits per heavy atom. The van der Waals surface area contributed by atoms with Gasteiger partial charge in [-0.25, -0.2) is 14.2 Å². The molecule has 1 aromatic carbocycles. The van der Waals surface area contributed by atoms with Crippen molar-refractivity contribution >= 4 is 17.4 Å². The first-order chi connectivity index (χ1) is 7.49. The first-order valence-electron chi connectivity index (χ1n) is 4.50. The van der Waals surface area contributed by atoms with E-state index in [2.05, 4.69) is 4.99 Å². The van der Waals surface area contributed by atoms with Crippen molar-refractivity contribution in [3.05, 3.63) is 41.9 Å². The summed E-state index contributed by atoms with van der Waals surface area (Å²) in [6, 6.07) is 5.19. The van der Waals surface area contributed by atoms with Crippen LogP contribution in [0.15, 0.2) is 41.0 Å². The van der Waals surface area contributed by atoms with Crippen LogP contribution in [0.25, 0.3) is 0 Å². The number of benzene rings is 1. The Morgan fingerprint density at radius 1 is 1.44 bits per heavy atom. The number of carbonyl (C=O) groups is 1. The third-order valence-corrected chi connectivity index (χ3v) is 1.66. The lowest BCUT2D eigenvalue weighted by molar-refractivity contribution is -0.129. The average Bonchev–Trinajstić information content (AvgIpc) is 2.19. The second-order valence-electron chi connectivity index (χ2n) is 3.17. The lowest BCUT2D eigenvalue weighted by Crippen LogP contribution is -2.11. The van der Waals surface area contributed by atoms with E-state index in [1.165, 1.54) is 30.3 Å². The van der Waals surface area contributed by atoms with E-state index < -0.39 is 11.8 Å². The van der Waals surface area contributed by atoms with Crippen molar-refractivity contribution in [2.45, 2.75) is 6.92 Å². The number of hydrogen-bond donors (Lipinski definition) is 2. The summed E-state index contributed by atoms with van der Waals surface area (Å²) >= 11 is 0. The molecule has 4 nitrogen and oxygen atoms in total. The topological polar surface area (TPSA) is 75.7 Å². The second kappa shape index (κ2) is 5.06. The molecule has 0 heterocycles. The van der Waals surface area contributed by atoms with Crippen LogP contribution in [0.1, 0.15) is 6.92 Å². The van der Waals surface area contributed by atoms with Crippen LogP contribution in [0.5, 0.6) is 0 Å². The molecule has 5 heteroatoms. The van der Waals surface area contributed by atoms with E-state index in [1.54, 1.807) is 6.92 Å². The lowest BCUT2D eigenvalue weighted by Gasteiger charge is -1.97. The van der Waals surface area contributed by atoms with E-state index in [-0.39, 0.29) is 5.71 Å². The van der Waals surface area contributed by atoms with Gasteiger partial charge >= 0.3 is 5.97 Å². The van der Waals surface area contributed by atoms with Gasteiger partial charge in [-0.3, -0.25) is 0 Å². The van der Waals surface area contributed by atoms with Crippen molar-refractivity contribution in [1.82, 2.24) is 0 Å². The minimum Gasteiger partial charge on any atom is -0.477 e. The number of aliphatic carboxylic acids is 1. The van der Waals surface area contributed by atoms with Gasteiger partial charge in [0.1, 0.15) is 5.82 Å². The van der Waals surface area contributed by atoms with E-state index in [0.29, 0.717) is 11.4 Å². The molecule has 0 aliphatic rings. The first-order valence-corrected chi connectivity index (χ1v) is 4.50. The molecule has 0 aliphatic heterocycles. The van der Waals surface area contributed by atoms with Crippen LogP contribution in [0.4, 0.5) is 10.1 Å². The molecule has 0 radical (unpaired) electrons. The summed E-state index contributed by atoms with van der Waals surface area (Å²) in [4.78, 5) is 14.6. The number of rotatable bonds is 3. The van der Waals surface area contributed by atoms with Gasteiger partial charge in [0.05, 0.1) is 5.69 Å². The van der Waals surface area contributed by atoms with Crippen LogP contribution < -0.4 is 5.73 Å². The molecule has 0 fully saturated rings. The zero-order chi connectivity index (χ0) is 12.1. The molecule has 0 spiro atoms. The normalized spacial score (nSPS) is 12.6. The summed E-state index contributed by atoms with van der Waals surface area (Å²) in [6.07, 6.45) is 1.24. The number of allylic oxidation sites excluding steroid dienone is 1. The Balaban J connectivity index is 3.07. The minimum absolute atomic E-state index is 0.188. The van der Waals surface area contributed by atoms with Crippen LogP contribution in [-0.4, -0.2) is 16.8 Å². The standard InChI is InChI=1S/C11H11FN2O2/c1-7(13)6-10(11(15)16)14-9-4-2-8(12)3-5-9/h2-6H,13H2,1H3,(H,15,16). The summed E-state index contributed by atoms with van der Waals surface area (Å²) in [7, 11) is 0. The molecular formula is C11H11FN2O2. The lowest BCUT2D eigenvalue weighted by atomic mass is 10.2. The van der Waals surface area contributed by atoms with Crippen LogP contribution in [0.2, 0.25) is 0 Å². The van der Waals surface area contributed by atoms with E-state index in [9.17, 15) is 9.18 Å². The number of carboxylic acid groups (broad SMARTS) is 1. The van der Waals surface area contributed by atoms with Gasteiger partial charge in [-0.05, 0) is 37.3 Å². The fourth-order valence-corrected chi connectivity index (χ4v) is 1.01. The molecule has 84 valence electrons. The zero-order valence-corrected chi connectivity index (χ0v) is 8.64. The van der Waals surface area contributed by atoms with Crippen molar-refractivity contribution in [3.8, 4) is 0 Å². The quantitative estimate of drug-likeness (QED) is 0.766. The number of nitrogens with two attached hydrogens (primary N) is 1. The predicted molar refractivity (Wildman–Crippen MR) is 59.1 cm³/mol. The Labute approximate surface area is 91.9 Å². The highest BCUT2D eigenvalue weighted by molar-refractivity contribution is 6.41. The predicted octanol–water partition coefficient (Wildman–Crippen LogP) is 1.85. The Bertz CT molecular complexity index is 446. The maximum Gasteiger partial charge on any atom is 0.354 e. The number of halogens is 1. The van der Waals surface area contributed by atoms with E-state index in [1.807, 2.05) is 0 Å². The smallest absolute Gasteiger partial charge is 0.354 e. The molecule has 1 rings (SSSR count). The van der Waals surface area contributed by atoms with Gasteiger partial charge in [0.2, 0.25) is 0 Å². The van der Waals surface area contributed by atoms with Gasteiger partial charge in [0.25, 0.3) is 0 Å². The minimum atomic E-state index is -1.19.